The van der Waals surface area contributed by atoms with Crippen LogP contribution in [0.15, 0.2) is 107 Å². The van der Waals surface area contributed by atoms with Crippen LogP contribution in [0.4, 0.5) is 49.6 Å². The molecule has 0 amide bonds. The Morgan fingerprint density at radius 2 is 1.05 bits per heavy atom. The Morgan fingerprint density at radius 1 is 0.632 bits per heavy atom. The second-order valence-corrected chi connectivity index (χ2v) is 16.4. The van der Waals surface area contributed by atoms with Crippen molar-refractivity contribution in [1.82, 2.24) is 48.6 Å². The van der Waals surface area contributed by atoms with Crippen LogP contribution < -0.4 is 31.2 Å². The lowest BCUT2D eigenvalue weighted by Gasteiger charge is -2.14. The van der Waals surface area contributed by atoms with E-state index in [2.05, 4.69) is 40.8 Å². The lowest BCUT2D eigenvalue weighted by molar-refractivity contribution is -0.142. The number of hydrogen-bond donors (Lipinski definition) is 3. The van der Waals surface area contributed by atoms with E-state index in [4.69, 9.17) is 14.2 Å². The number of carbonyl (C=O) groups is 2. The van der Waals surface area contributed by atoms with Crippen molar-refractivity contribution in [3.63, 3.8) is 0 Å². The van der Waals surface area contributed by atoms with Gasteiger partial charge in [-0.2, -0.15) is 46.5 Å². The van der Waals surface area contributed by atoms with Crippen LogP contribution in [-0.4, -0.2) is 86.5 Å². The summed E-state index contributed by atoms with van der Waals surface area (Å²) >= 11 is 0. The van der Waals surface area contributed by atoms with Crippen molar-refractivity contribution in [3.05, 3.63) is 152 Å². The predicted molar refractivity (Wildman–Crippen MR) is 264 cm³/mol. The molecule has 0 bridgehead atoms. The lowest BCUT2D eigenvalue weighted by atomic mass is 10.1. The number of nitrogens with zero attached hydrogens (tertiary/aromatic N) is 10. The minimum atomic E-state index is -4.69. The Hall–Kier alpha value is -9.36. The first-order valence-electron chi connectivity index (χ1n) is 22.8. The summed E-state index contributed by atoms with van der Waals surface area (Å²) in [5, 5.41) is 22.8. The zero-order chi connectivity index (χ0) is 55.2. The third kappa shape index (κ3) is 12.3. The molecular formula is C50H46F6N12O8. The number of anilines is 4. The van der Waals surface area contributed by atoms with Crippen LogP contribution in [0, 0.1) is 13.8 Å². The summed E-state index contributed by atoms with van der Waals surface area (Å²) in [6.45, 7) is 9.15. The molecule has 20 nitrogen and oxygen atoms in total. The van der Waals surface area contributed by atoms with Gasteiger partial charge in [0.2, 0.25) is 11.9 Å². The van der Waals surface area contributed by atoms with Crippen LogP contribution in [0.1, 0.15) is 64.0 Å². The average molecular weight is 1060 g/mol. The Morgan fingerprint density at radius 3 is 1.42 bits per heavy atom. The van der Waals surface area contributed by atoms with Crippen LogP contribution >= 0.6 is 0 Å². The van der Waals surface area contributed by atoms with Gasteiger partial charge >= 0.3 is 24.3 Å². The lowest BCUT2D eigenvalue weighted by Crippen LogP contribution is -2.27. The summed E-state index contributed by atoms with van der Waals surface area (Å²) in [5.41, 5.74) is -0.430. The molecule has 0 aliphatic rings. The van der Waals surface area contributed by atoms with E-state index in [-0.39, 0.29) is 65.5 Å². The Bertz CT molecular complexity index is 3590. The number of carbonyl (C=O) groups excluding carboxylic acids is 1. The van der Waals surface area contributed by atoms with Crippen molar-refractivity contribution >= 4 is 35.2 Å². The number of carboxylic acids is 1. The van der Waals surface area contributed by atoms with Gasteiger partial charge in [-0.25, -0.2) is 28.9 Å². The smallest absolute Gasteiger partial charge is 0.435 e. The van der Waals surface area contributed by atoms with Crippen molar-refractivity contribution in [3.8, 4) is 45.4 Å². The summed E-state index contributed by atoms with van der Waals surface area (Å²) in [4.78, 5) is 66.8. The fraction of sp³-hybridized carbons (Fsp3) is 0.240. The molecule has 0 saturated carbocycles. The number of aromatic nitrogens is 10. The third-order valence-corrected chi connectivity index (χ3v) is 11.0. The van der Waals surface area contributed by atoms with Crippen LogP contribution in [-0.2, 0) is 30.2 Å². The van der Waals surface area contributed by atoms with Crippen molar-refractivity contribution < 1.29 is 55.2 Å². The SMILES string of the molecule is CCOC(=O)c1cc(-c2cnc(Nc3cc(C)cc(OC)c3)nc2-n2ccc(C(F)(F)F)n2)cn(CC)c1=O.CCn1cc(-c2cnc(Nc3cc(C)cc(OC)c3)nc2-n2ccc(C(F)(F)F)n2)cc(C(=O)O)c1=O. The van der Waals surface area contributed by atoms with E-state index in [9.17, 15) is 50.6 Å². The predicted octanol–water partition coefficient (Wildman–Crippen LogP) is 9.06. The van der Waals surface area contributed by atoms with Crippen LogP contribution in [0.25, 0.3) is 33.9 Å². The van der Waals surface area contributed by atoms with Crippen LogP contribution in [0.5, 0.6) is 11.5 Å². The van der Waals surface area contributed by atoms with Crippen LogP contribution in [0.2, 0.25) is 0 Å². The number of nitrogens with one attached hydrogen (secondary N) is 2. The molecule has 396 valence electrons. The number of hydrogen-bond acceptors (Lipinski definition) is 15. The maximum atomic E-state index is 13.4. The normalized spacial score (nSPS) is 11.4. The van der Waals surface area contributed by atoms with E-state index >= 15 is 0 Å². The van der Waals surface area contributed by atoms with E-state index in [0.717, 1.165) is 51.1 Å². The van der Waals surface area contributed by atoms with Gasteiger partial charge in [0.25, 0.3) is 11.1 Å². The van der Waals surface area contributed by atoms with Gasteiger partial charge in [0.05, 0.1) is 20.8 Å². The highest BCUT2D eigenvalue weighted by Crippen LogP contribution is 2.34. The van der Waals surface area contributed by atoms with Gasteiger partial charge in [-0.15, -0.1) is 0 Å². The summed E-state index contributed by atoms with van der Waals surface area (Å²) in [5.74, 6) is -1.07. The number of ether oxygens (including phenoxy) is 3. The molecular weight excluding hydrogens is 1010 g/mol. The molecule has 0 spiro atoms. The minimum absolute atomic E-state index is 0.0151. The average Bonchev–Trinajstić information content (AvgIpc) is 4.10. The topological polar surface area (TPSA) is 237 Å². The highest BCUT2D eigenvalue weighted by Gasteiger charge is 2.35. The molecule has 0 aliphatic heterocycles. The summed E-state index contributed by atoms with van der Waals surface area (Å²) in [7, 11) is 3.04. The van der Waals surface area contributed by atoms with E-state index in [1.165, 1.54) is 54.2 Å². The molecule has 0 saturated heterocycles. The second kappa shape index (κ2) is 22.4. The number of benzene rings is 2. The first-order valence-corrected chi connectivity index (χ1v) is 22.8. The molecule has 76 heavy (non-hydrogen) atoms. The molecule has 0 atom stereocenters. The fourth-order valence-corrected chi connectivity index (χ4v) is 7.49. The van der Waals surface area contributed by atoms with Gasteiger partial charge < -0.3 is 39.1 Å². The van der Waals surface area contributed by atoms with Gasteiger partial charge in [-0.1, -0.05) is 0 Å². The fourth-order valence-electron chi connectivity index (χ4n) is 7.49. The maximum Gasteiger partial charge on any atom is 0.435 e. The first-order chi connectivity index (χ1) is 36.0. The Balaban J connectivity index is 0.000000221. The van der Waals surface area contributed by atoms with Gasteiger partial charge in [-0.3, -0.25) is 9.59 Å². The summed E-state index contributed by atoms with van der Waals surface area (Å²) in [6.07, 6.45) is -1.60. The molecule has 0 aliphatic carbocycles. The van der Waals surface area contributed by atoms with Gasteiger partial charge in [0.1, 0.15) is 22.6 Å². The molecule has 0 unspecified atom stereocenters. The first kappa shape index (κ1) is 54.4. The quantitative estimate of drug-likeness (QED) is 0.0641. The zero-order valence-corrected chi connectivity index (χ0v) is 41.4. The summed E-state index contributed by atoms with van der Waals surface area (Å²) in [6, 6.07) is 14.7. The molecule has 0 fully saturated rings. The van der Waals surface area contributed by atoms with Gasteiger partial charge in [0.15, 0.2) is 23.0 Å². The number of carboxylic acid groups (broad SMARTS) is 1. The highest BCUT2D eigenvalue weighted by atomic mass is 19.4. The molecule has 26 heteroatoms. The number of halogens is 6. The zero-order valence-electron chi connectivity index (χ0n) is 41.4. The number of aryl methyl sites for hydroxylation is 4. The molecule has 3 N–H and O–H groups in total. The molecule has 8 rings (SSSR count). The maximum absolute atomic E-state index is 13.4. The van der Waals surface area contributed by atoms with E-state index in [0.29, 0.717) is 28.4 Å². The number of pyridine rings is 2. The number of rotatable bonds is 15. The van der Waals surface area contributed by atoms with Crippen LogP contribution in [0.3, 0.4) is 0 Å². The molecule has 0 radical (unpaired) electrons. The molecule has 8 aromatic rings. The number of aromatic carboxylic acids is 1. The van der Waals surface area contributed by atoms with E-state index < -0.39 is 52.4 Å². The number of esters is 1. The molecule has 2 aromatic carbocycles. The minimum Gasteiger partial charge on any atom is -0.497 e. The van der Waals surface area contributed by atoms with Gasteiger partial charge in [-0.05, 0) is 94.3 Å². The standard InChI is InChI=1S/C26H25F3N6O4.C24H21F3N6O4/c1-5-34-14-16(11-19(23(34)36)24(37)39-6-2)20-13-30-25(31-17-9-15(3)10-18(12-17)38-4)32-22(20)35-8-7-21(33-35)26(27,28)29;1-4-32-12-14(9-17(21(32)34)22(35)36)18-11-28-23(29-15-7-13(2)8-16(10-15)37-3)30-20(18)33-6-5-19(31-33)24(25,26)27/h7-14H,5-6H2,1-4H3,(H,30,31,32);5-12H,4H2,1-3H3,(H,35,36)(H,28,29,30). The number of methoxy groups -OCH3 is 2. The van der Waals surface area contributed by atoms with Crippen molar-refractivity contribution in [2.45, 2.75) is 60.1 Å². The highest BCUT2D eigenvalue weighted by molar-refractivity contribution is 5.91. The third-order valence-electron chi connectivity index (χ3n) is 11.0. The van der Waals surface area contributed by atoms with Crippen molar-refractivity contribution in [2.24, 2.45) is 0 Å². The second-order valence-electron chi connectivity index (χ2n) is 16.4. The Labute approximate surface area is 427 Å². The van der Waals surface area contributed by atoms with E-state index in [1.54, 1.807) is 39.0 Å². The van der Waals surface area contributed by atoms with Gasteiger partial charge in [0, 0.05) is 96.0 Å². The summed E-state index contributed by atoms with van der Waals surface area (Å²) < 4.78 is 99.8. The monoisotopic (exact) mass is 1060 g/mol. The number of alkyl halides is 6. The largest absolute Gasteiger partial charge is 0.497 e. The molecule has 6 heterocycles. The molecule has 6 aromatic heterocycles. The van der Waals surface area contributed by atoms with E-state index in [1.807, 2.05) is 32.0 Å². The van der Waals surface area contributed by atoms with Crippen molar-refractivity contribution in [2.75, 3.05) is 31.5 Å². The van der Waals surface area contributed by atoms with Crippen molar-refractivity contribution in [1.29, 1.82) is 0 Å². The Kier molecular flexibility index (Phi) is 16.0.